The summed E-state index contributed by atoms with van der Waals surface area (Å²) in [5, 5.41) is 2.48. The van der Waals surface area contributed by atoms with E-state index in [1.807, 2.05) is 6.92 Å². The zero-order chi connectivity index (χ0) is 21.2. The Morgan fingerprint density at radius 1 is 0.862 bits per heavy atom. The molecule has 0 saturated carbocycles. The Labute approximate surface area is 175 Å². The van der Waals surface area contributed by atoms with Crippen LogP contribution in [0.25, 0.3) is 0 Å². The van der Waals surface area contributed by atoms with Gasteiger partial charge in [-0.1, -0.05) is 13.8 Å². The second kappa shape index (κ2) is 11.0. The van der Waals surface area contributed by atoms with E-state index < -0.39 is 11.8 Å². The zero-order valence-electron chi connectivity index (χ0n) is 16.7. The molecule has 8 heteroatoms. The van der Waals surface area contributed by atoms with E-state index in [1.54, 1.807) is 48.5 Å². The van der Waals surface area contributed by atoms with E-state index in [0.29, 0.717) is 41.8 Å². The van der Waals surface area contributed by atoms with Crippen LogP contribution >= 0.6 is 12.2 Å². The lowest BCUT2D eigenvalue weighted by molar-refractivity contribution is 0.0934. The highest BCUT2D eigenvalue weighted by atomic mass is 32.1. The molecule has 0 saturated heterocycles. The third kappa shape index (κ3) is 7.42. The smallest absolute Gasteiger partial charge is 0.269 e. The molecule has 7 nitrogen and oxygen atoms in total. The van der Waals surface area contributed by atoms with Gasteiger partial charge in [-0.05, 0) is 73.6 Å². The molecule has 0 aliphatic carbocycles. The molecule has 2 amide bonds. The van der Waals surface area contributed by atoms with E-state index in [2.05, 4.69) is 30.0 Å². The van der Waals surface area contributed by atoms with Crippen LogP contribution in [-0.4, -0.2) is 30.1 Å². The largest absolute Gasteiger partial charge is 0.494 e. The van der Waals surface area contributed by atoms with Gasteiger partial charge in [-0.2, -0.15) is 0 Å². The van der Waals surface area contributed by atoms with Gasteiger partial charge in [0.05, 0.1) is 13.2 Å². The highest BCUT2D eigenvalue weighted by Crippen LogP contribution is 2.13. The third-order valence-electron chi connectivity index (χ3n) is 3.64. The predicted molar refractivity (Wildman–Crippen MR) is 115 cm³/mol. The maximum Gasteiger partial charge on any atom is 0.269 e. The zero-order valence-corrected chi connectivity index (χ0v) is 17.5. The minimum absolute atomic E-state index is 0.0193. The Hall–Kier alpha value is -3.13. The molecule has 0 radical (unpaired) electrons. The van der Waals surface area contributed by atoms with E-state index in [1.165, 1.54) is 0 Å². The lowest BCUT2D eigenvalue weighted by Gasteiger charge is -2.12. The van der Waals surface area contributed by atoms with Crippen LogP contribution in [0, 0.1) is 5.92 Å². The molecule has 0 spiro atoms. The first-order valence-electron chi connectivity index (χ1n) is 9.26. The molecule has 0 atom stereocenters. The number of amides is 2. The van der Waals surface area contributed by atoms with Gasteiger partial charge in [0.1, 0.15) is 11.5 Å². The molecule has 0 heterocycles. The molecular weight excluding hydrogens is 390 g/mol. The quantitative estimate of drug-likeness (QED) is 0.476. The van der Waals surface area contributed by atoms with Gasteiger partial charge < -0.3 is 9.47 Å². The van der Waals surface area contributed by atoms with Crippen LogP contribution in [0.5, 0.6) is 11.5 Å². The summed E-state index contributed by atoms with van der Waals surface area (Å²) < 4.78 is 10.9. The van der Waals surface area contributed by atoms with Crippen molar-refractivity contribution in [1.29, 1.82) is 0 Å². The average molecular weight is 416 g/mol. The molecule has 0 unspecified atom stereocenters. The standard InChI is InChI=1S/C21H25N3O4S/c1-4-27-17-9-5-15(6-10-17)19(25)22-21(29)24-23-20(26)16-7-11-18(12-8-16)28-13-14(2)3/h5-12,14H,4,13H2,1-3H3,(H,23,26)(H2,22,24,25,29). The number of hydrazine groups is 1. The Bertz CT molecular complexity index is 836. The van der Waals surface area contributed by atoms with Crippen LogP contribution < -0.4 is 25.6 Å². The van der Waals surface area contributed by atoms with E-state index >= 15 is 0 Å². The van der Waals surface area contributed by atoms with Crippen LogP contribution in [0.1, 0.15) is 41.5 Å². The first-order valence-corrected chi connectivity index (χ1v) is 9.67. The second-order valence-electron chi connectivity index (χ2n) is 6.55. The van der Waals surface area contributed by atoms with Crippen molar-refractivity contribution in [3.05, 3.63) is 59.7 Å². The van der Waals surface area contributed by atoms with Crippen molar-refractivity contribution in [3.63, 3.8) is 0 Å². The molecule has 0 aliphatic rings. The normalized spacial score (nSPS) is 10.2. The molecule has 0 aliphatic heterocycles. The van der Waals surface area contributed by atoms with Crippen molar-refractivity contribution in [1.82, 2.24) is 16.2 Å². The summed E-state index contributed by atoms with van der Waals surface area (Å²) in [4.78, 5) is 24.4. The summed E-state index contributed by atoms with van der Waals surface area (Å²) in [5.74, 6) is 1.00. The molecule has 29 heavy (non-hydrogen) atoms. The SMILES string of the molecule is CCOc1ccc(C(=O)NC(=S)NNC(=O)c2ccc(OCC(C)C)cc2)cc1. The first kappa shape index (κ1) is 22.2. The van der Waals surface area contributed by atoms with Gasteiger partial charge in [-0.3, -0.25) is 25.8 Å². The highest BCUT2D eigenvalue weighted by molar-refractivity contribution is 7.80. The maximum atomic E-state index is 12.2. The summed E-state index contributed by atoms with van der Waals surface area (Å²) in [6.45, 7) is 7.16. The number of thiocarbonyl (C=S) groups is 1. The van der Waals surface area contributed by atoms with E-state index in [0.717, 1.165) is 0 Å². The van der Waals surface area contributed by atoms with Gasteiger partial charge in [-0.15, -0.1) is 0 Å². The van der Waals surface area contributed by atoms with Crippen molar-refractivity contribution in [2.24, 2.45) is 5.92 Å². The highest BCUT2D eigenvalue weighted by Gasteiger charge is 2.10. The Kier molecular flexibility index (Phi) is 8.42. The number of carbonyl (C=O) groups is 2. The third-order valence-corrected chi connectivity index (χ3v) is 3.85. The monoisotopic (exact) mass is 415 g/mol. The number of carbonyl (C=O) groups excluding carboxylic acids is 2. The van der Waals surface area contributed by atoms with Gasteiger partial charge in [0, 0.05) is 11.1 Å². The summed E-state index contributed by atoms with van der Waals surface area (Å²) >= 11 is 5.04. The lowest BCUT2D eigenvalue weighted by atomic mass is 10.2. The van der Waals surface area contributed by atoms with Crippen LogP contribution in [0.3, 0.4) is 0 Å². The van der Waals surface area contributed by atoms with Crippen molar-refractivity contribution >= 4 is 29.1 Å². The molecule has 154 valence electrons. The molecule has 0 aromatic heterocycles. The number of ether oxygens (including phenoxy) is 2. The molecule has 3 N–H and O–H groups in total. The van der Waals surface area contributed by atoms with Crippen molar-refractivity contribution in [2.45, 2.75) is 20.8 Å². The molecule has 2 rings (SSSR count). The second-order valence-corrected chi connectivity index (χ2v) is 6.96. The van der Waals surface area contributed by atoms with E-state index in [-0.39, 0.29) is 5.11 Å². The summed E-state index contributed by atoms with van der Waals surface area (Å²) in [6, 6.07) is 13.4. The van der Waals surface area contributed by atoms with Gasteiger partial charge in [-0.25, -0.2) is 0 Å². The fourth-order valence-electron chi connectivity index (χ4n) is 2.23. The van der Waals surface area contributed by atoms with Gasteiger partial charge in [0.2, 0.25) is 0 Å². The molecule has 2 aromatic rings. The molecule has 0 fully saturated rings. The van der Waals surface area contributed by atoms with Crippen LogP contribution in [0.15, 0.2) is 48.5 Å². The van der Waals surface area contributed by atoms with Gasteiger partial charge >= 0.3 is 0 Å². The van der Waals surface area contributed by atoms with Gasteiger partial charge in [0.15, 0.2) is 5.11 Å². The van der Waals surface area contributed by atoms with Crippen LogP contribution in [0.4, 0.5) is 0 Å². The Balaban J connectivity index is 1.80. The van der Waals surface area contributed by atoms with Gasteiger partial charge in [0.25, 0.3) is 11.8 Å². The minimum Gasteiger partial charge on any atom is -0.494 e. The number of nitrogens with one attached hydrogen (secondary N) is 3. The Morgan fingerprint density at radius 3 is 1.90 bits per heavy atom. The number of hydrogen-bond acceptors (Lipinski definition) is 5. The minimum atomic E-state index is -0.397. The van der Waals surface area contributed by atoms with E-state index in [4.69, 9.17) is 21.7 Å². The topological polar surface area (TPSA) is 88.7 Å². The van der Waals surface area contributed by atoms with Crippen LogP contribution in [-0.2, 0) is 0 Å². The lowest BCUT2D eigenvalue weighted by Crippen LogP contribution is -2.48. The fraction of sp³-hybridized carbons (Fsp3) is 0.286. The molecule has 2 aromatic carbocycles. The van der Waals surface area contributed by atoms with E-state index in [9.17, 15) is 9.59 Å². The number of rotatable bonds is 7. The van der Waals surface area contributed by atoms with Crippen molar-refractivity contribution in [3.8, 4) is 11.5 Å². The average Bonchev–Trinajstić information content (AvgIpc) is 2.71. The fourth-order valence-corrected chi connectivity index (χ4v) is 2.37. The predicted octanol–water partition coefficient (Wildman–Crippen LogP) is 3.07. The van der Waals surface area contributed by atoms with Crippen LogP contribution in [0.2, 0.25) is 0 Å². The number of benzene rings is 2. The summed E-state index contributed by atoms with van der Waals surface area (Å²) in [7, 11) is 0. The maximum absolute atomic E-state index is 12.2. The first-order chi connectivity index (χ1) is 13.9. The van der Waals surface area contributed by atoms with Crippen molar-refractivity contribution < 1.29 is 19.1 Å². The molecule has 0 bridgehead atoms. The summed E-state index contributed by atoms with van der Waals surface area (Å²) in [5.41, 5.74) is 5.80. The molecular formula is C21H25N3O4S. The summed E-state index contributed by atoms with van der Waals surface area (Å²) in [6.07, 6.45) is 0. The Morgan fingerprint density at radius 2 is 1.38 bits per heavy atom. The van der Waals surface area contributed by atoms with Crippen molar-refractivity contribution in [2.75, 3.05) is 13.2 Å². The number of hydrogen-bond donors (Lipinski definition) is 3.